The lowest BCUT2D eigenvalue weighted by Crippen LogP contribution is -2.05. The molecule has 1 aromatic rings. The summed E-state index contributed by atoms with van der Waals surface area (Å²) in [5.41, 5.74) is 6.65. The molecule has 0 saturated heterocycles. The molecule has 1 rings (SSSR count). The van der Waals surface area contributed by atoms with Crippen molar-refractivity contribution >= 4 is 15.5 Å². The maximum atomic E-state index is 11.0. The number of rotatable bonds is 2. The van der Waals surface area contributed by atoms with Gasteiger partial charge in [-0.3, -0.25) is 0 Å². The summed E-state index contributed by atoms with van der Waals surface area (Å²) in [6.45, 7) is 0. The summed E-state index contributed by atoms with van der Waals surface area (Å²) in [6.07, 6.45) is 1.13. The molecule has 0 amide bonds. The maximum absolute atomic E-state index is 11.0. The van der Waals surface area contributed by atoms with Gasteiger partial charge >= 0.3 is 0 Å². The van der Waals surface area contributed by atoms with E-state index in [0.717, 1.165) is 6.26 Å². The molecule has 0 atom stereocenters. The summed E-state index contributed by atoms with van der Waals surface area (Å²) in [7, 11) is -3.11. The second kappa shape index (κ2) is 3.68. The molecule has 0 radical (unpaired) electrons. The minimum Gasteiger partial charge on any atom is -0.397 e. The first-order chi connectivity index (χ1) is 6.44. The van der Waals surface area contributed by atoms with Gasteiger partial charge in [-0.1, -0.05) is 12.1 Å². The predicted molar refractivity (Wildman–Crippen MR) is 54.1 cm³/mol. The molecular formula is C9H10N2O2S. The van der Waals surface area contributed by atoms with E-state index in [1.807, 2.05) is 6.07 Å². The van der Waals surface area contributed by atoms with Gasteiger partial charge in [0, 0.05) is 6.26 Å². The maximum Gasteiger partial charge on any atom is 0.151 e. The molecule has 1 aromatic carbocycles. The first kappa shape index (κ1) is 10.5. The molecule has 0 aliphatic heterocycles. The van der Waals surface area contributed by atoms with Crippen molar-refractivity contribution in [3.8, 4) is 6.07 Å². The van der Waals surface area contributed by atoms with Crippen molar-refractivity contribution in [1.29, 1.82) is 5.26 Å². The standard InChI is InChI=1S/C9H10N2O2S/c1-14(12,13)6-8-4-2-3-7(5-10)9(8)11/h2-4H,6,11H2,1H3. The van der Waals surface area contributed by atoms with Crippen LogP contribution >= 0.6 is 0 Å². The van der Waals surface area contributed by atoms with Crippen LogP contribution in [0, 0.1) is 11.3 Å². The van der Waals surface area contributed by atoms with Crippen LogP contribution in [0.25, 0.3) is 0 Å². The molecule has 5 heteroatoms. The zero-order valence-corrected chi connectivity index (χ0v) is 8.50. The molecule has 0 saturated carbocycles. The second-order valence-electron chi connectivity index (χ2n) is 3.06. The topological polar surface area (TPSA) is 84.0 Å². The van der Waals surface area contributed by atoms with Crippen molar-refractivity contribution in [3.63, 3.8) is 0 Å². The lowest BCUT2D eigenvalue weighted by Gasteiger charge is -2.04. The van der Waals surface area contributed by atoms with E-state index < -0.39 is 9.84 Å². The van der Waals surface area contributed by atoms with Crippen LogP contribution in [0.5, 0.6) is 0 Å². The van der Waals surface area contributed by atoms with Gasteiger partial charge in [0.05, 0.1) is 17.0 Å². The van der Waals surface area contributed by atoms with E-state index in [4.69, 9.17) is 11.0 Å². The normalized spacial score (nSPS) is 10.9. The molecule has 0 heterocycles. The largest absolute Gasteiger partial charge is 0.397 e. The van der Waals surface area contributed by atoms with E-state index in [9.17, 15) is 8.42 Å². The van der Waals surface area contributed by atoms with E-state index in [0.29, 0.717) is 11.1 Å². The number of hydrogen-bond acceptors (Lipinski definition) is 4. The summed E-state index contributed by atoms with van der Waals surface area (Å²) in [6, 6.07) is 6.69. The van der Waals surface area contributed by atoms with Crippen LogP contribution in [0.4, 0.5) is 5.69 Å². The molecule has 0 unspecified atom stereocenters. The minimum absolute atomic E-state index is 0.131. The molecule has 0 fully saturated rings. The fourth-order valence-corrected chi connectivity index (χ4v) is 1.94. The highest BCUT2D eigenvalue weighted by Gasteiger charge is 2.09. The van der Waals surface area contributed by atoms with Crippen LogP contribution in [0.2, 0.25) is 0 Å². The van der Waals surface area contributed by atoms with Crippen molar-refractivity contribution in [2.45, 2.75) is 5.75 Å². The van der Waals surface area contributed by atoms with Gasteiger partial charge in [0.25, 0.3) is 0 Å². The third-order valence-corrected chi connectivity index (χ3v) is 2.57. The Morgan fingerprint density at radius 2 is 2.14 bits per heavy atom. The van der Waals surface area contributed by atoms with Crippen LogP contribution in [-0.4, -0.2) is 14.7 Å². The Hall–Kier alpha value is -1.54. The molecule has 4 nitrogen and oxygen atoms in total. The van der Waals surface area contributed by atoms with Crippen LogP contribution in [-0.2, 0) is 15.6 Å². The van der Waals surface area contributed by atoms with E-state index in [-0.39, 0.29) is 11.4 Å². The molecule has 14 heavy (non-hydrogen) atoms. The van der Waals surface area contributed by atoms with Gasteiger partial charge in [-0.05, 0) is 11.6 Å². The Bertz CT molecular complexity index is 486. The van der Waals surface area contributed by atoms with Gasteiger partial charge in [0.2, 0.25) is 0 Å². The van der Waals surface area contributed by atoms with Gasteiger partial charge < -0.3 is 5.73 Å². The van der Waals surface area contributed by atoms with Gasteiger partial charge in [-0.15, -0.1) is 0 Å². The molecule has 0 aliphatic rings. The molecular weight excluding hydrogens is 200 g/mol. The van der Waals surface area contributed by atoms with Crippen molar-refractivity contribution in [2.24, 2.45) is 0 Å². The smallest absolute Gasteiger partial charge is 0.151 e. The summed E-state index contributed by atoms with van der Waals surface area (Å²) >= 11 is 0. The Morgan fingerprint density at radius 3 is 2.64 bits per heavy atom. The number of benzene rings is 1. The highest BCUT2D eigenvalue weighted by atomic mass is 32.2. The van der Waals surface area contributed by atoms with Crippen molar-refractivity contribution in [2.75, 3.05) is 12.0 Å². The Morgan fingerprint density at radius 1 is 1.50 bits per heavy atom. The molecule has 0 aliphatic carbocycles. The van der Waals surface area contributed by atoms with Crippen LogP contribution in [0.1, 0.15) is 11.1 Å². The van der Waals surface area contributed by atoms with E-state index >= 15 is 0 Å². The van der Waals surface area contributed by atoms with Gasteiger partial charge in [0.15, 0.2) is 9.84 Å². The van der Waals surface area contributed by atoms with Crippen molar-refractivity contribution < 1.29 is 8.42 Å². The van der Waals surface area contributed by atoms with Crippen LogP contribution in [0.15, 0.2) is 18.2 Å². The molecule has 2 N–H and O–H groups in total. The van der Waals surface area contributed by atoms with E-state index in [1.165, 1.54) is 0 Å². The molecule has 74 valence electrons. The minimum atomic E-state index is -3.11. The van der Waals surface area contributed by atoms with Gasteiger partial charge in [-0.2, -0.15) is 5.26 Å². The Labute approximate surface area is 82.9 Å². The number of nitrogen functional groups attached to an aromatic ring is 1. The summed E-state index contributed by atoms with van der Waals surface area (Å²) in [5.74, 6) is -0.131. The predicted octanol–water partition coefficient (Wildman–Crippen LogP) is 0.685. The third-order valence-electron chi connectivity index (χ3n) is 1.73. The summed E-state index contributed by atoms with van der Waals surface area (Å²) in [5, 5.41) is 8.66. The number of nitrogens with zero attached hydrogens (tertiary/aromatic N) is 1. The fourth-order valence-electron chi connectivity index (χ4n) is 1.12. The van der Waals surface area contributed by atoms with Crippen molar-refractivity contribution in [3.05, 3.63) is 29.3 Å². The van der Waals surface area contributed by atoms with Crippen LogP contribution in [0.3, 0.4) is 0 Å². The number of nitrogens with two attached hydrogens (primary N) is 1. The fraction of sp³-hybridized carbons (Fsp3) is 0.222. The van der Waals surface area contributed by atoms with E-state index in [1.54, 1.807) is 18.2 Å². The number of nitriles is 1. The van der Waals surface area contributed by atoms with Gasteiger partial charge in [0.1, 0.15) is 6.07 Å². The molecule has 0 aromatic heterocycles. The molecule has 0 bridgehead atoms. The number of para-hydroxylation sites is 1. The summed E-state index contributed by atoms with van der Waals surface area (Å²) in [4.78, 5) is 0. The summed E-state index contributed by atoms with van der Waals surface area (Å²) < 4.78 is 22.0. The lowest BCUT2D eigenvalue weighted by molar-refractivity contribution is 0.601. The highest BCUT2D eigenvalue weighted by Crippen LogP contribution is 2.18. The Kier molecular flexibility index (Phi) is 2.77. The van der Waals surface area contributed by atoms with Crippen molar-refractivity contribution in [1.82, 2.24) is 0 Å². The quantitative estimate of drug-likeness (QED) is 0.728. The highest BCUT2D eigenvalue weighted by molar-refractivity contribution is 7.89. The Balaban J connectivity index is 3.19. The molecule has 0 spiro atoms. The van der Waals surface area contributed by atoms with Gasteiger partial charge in [-0.25, -0.2) is 8.42 Å². The monoisotopic (exact) mass is 210 g/mol. The first-order valence-corrected chi connectivity index (χ1v) is 5.95. The number of anilines is 1. The zero-order chi connectivity index (χ0) is 10.8. The van der Waals surface area contributed by atoms with E-state index in [2.05, 4.69) is 0 Å². The lowest BCUT2D eigenvalue weighted by atomic mass is 10.1. The zero-order valence-electron chi connectivity index (χ0n) is 7.69. The number of hydrogen-bond donors (Lipinski definition) is 1. The second-order valence-corrected chi connectivity index (χ2v) is 5.20. The first-order valence-electron chi connectivity index (χ1n) is 3.89. The average molecular weight is 210 g/mol. The average Bonchev–Trinajstić information content (AvgIpc) is 2.06. The van der Waals surface area contributed by atoms with Crippen LogP contribution < -0.4 is 5.73 Å². The number of sulfone groups is 1. The third kappa shape index (κ3) is 2.47. The SMILES string of the molecule is CS(=O)(=O)Cc1cccc(C#N)c1N.